The Hall–Kier alpha value is -2.89. The normalized spacial score (nSPS) is 35.4. The van der Waals surface area contributed by atoms with Gasteiger partial charge < -0.3 is 10.6 Å². The Balaban J connectivity index is 1.18. The largest absolute Gasteiger partial charge is 0.351 e. The monoisotopic (exact) mass is 431 g/mol. The summed E-state index contributed by atoms with van der Waals surface area (Å²) >= 11 is 0. The van der Waals surface area contributed by atoms with Gasteiger partial charge >= 0.3 is 6.03 Å². The number of fused-ring (bicyclic) bond motifs is 1. The minimum atomic E-state index is -1.18. The Labute approximate surface area is 187 Å². The third kappa shape index (κ3) is 3.03. The highest BCUT2D eigenvalue weighted by atomic mass is 16.2. The van der Waals surface area contributed by atoms with Crippen LogP contribution in [0.1, 0.15) is 44.6 Å². The third-order valence-corrected chi connectivity index (χ3v) is 8.46. The molecule has 1 saturated heterocycles. The van der Waals surface area contributed by atoms with Gasteiger partial charge in [0.1, 0.15) is 12.1 Å². The molecule has 4 aliphatic carbocycles. The molecule has 1 heterocycles. The van der Waals surface area contributed by atoms with Gasteiger partial charge in [-0.1, -0.05) is 36.4 Å². The van der Waals surface area contributed by atoms with Crippen LogP contribution in [0.4, 0.5) is 4.79 Å². The van der Waals surface area contributed by atoms with E-state index in [4.69, 9.17) is 0 Å². The van der Waals surface area contributed by atoms with Crippen molar-refractivity contribution < 1.29 is 14.4 Å². The molecule has 1 atom stereocenters. The number of amides is 4. The molecule has 6 heteroatoms. The number of imide groups is 1. The van der Waals surface area contributed by atoms with Crippen molar-refractivity contribution in [2.45, 2.75) is 50.6 Å². The zero-order chi connectivity index (χ0) is 22.0. The number of urea groups is 1. The van der Waals surface area contributed by atoms with Crippen molar-refractivity contribution in [2.24, 2.45) is 23.7 Å². The van der Waals surface area contributed by atoms with Crippen molar-refractivity contribution in [3.05, 3.63) is 48.0 Å². The first-order chi connectivity index (χ1) is 15.4. The summed E-state index contributed by atoms with van der Waals surface area (Å²) in [5, 5.41) is 8.12. The van der Waals surface area contributed by atoms with Crippen LogP contribution in [0.15, 0.2) is 42.5 Å². The summed E-state index contributed by atoms with van der Waals surface area (Å²) in [7, 11) is 0. The van der Waals surface area contributed by atoms with E-state index < -0.39 is 11.6 Å². The van der Waals surface area contributed by atoms with Crippen molar-refractivity contribution in [2.75, 3.05) is 6.54 Å². The smallest absolute Gasteiger partial charge is 0.325 e. The maximum absolute atomic E-state index is 13.3. The van der Waals surface area contributed by atoms with Gasteiger partial charge in [0, 0.05) is 6.04 Å². The van der Waals surface area contributed by atoms with E-state index in [0.29, 0.717) is 11.8 Å². The number of carbonyl (C=O) groups excluding carboxylic acids is 3. The maximum atomic E-state index is 13.3. The first-order valence-electron chi connectivity index (χ1n) is 11.8. The molecule has 2 aromatic rings. The summed E-state index contributed by atoms with van der Waals surface area (Å²) in [4.78, 5) is 40.0. The predicted molar refractivity (Wildman–Crippen MR) is 121 cm³/mol. The fourth-order valence-electron chi connectivity index (χ4n) is 7.07. The highest BCUT2D eigenvalue weighted by Crippen LogP contribution is 2.53. The predicted octanol–water partition coefficient (Wildman–Crippen LogP) is 3.55. The SMILES string of the molecule is CC1(c2ccc3ccccc3c2)NC(=O)N(CC(=O)NC2C3CC4CC(C3)CC2C4)C1=O. The Kier molecular flexibility index (Phi) is 4.36. The summed E-state index contributed by atoms with van der Waals surface area (Å²) in [6, 6.07) is 13.4. The number of nitrogens with one attached hydrogen (secondary N) is 2. The second kappa shape index (κ2) is 7.06. The molecular weight excluding hydrogens is 402 g/mol. The fourth-order valence-corrected chi connectivity index (χ4v) is 7.07. The molecule has 2 aromatic carbocycles. The van der Waals surface area contributed by atoms with Crippen LogP contribution in [0.3, 0.4) is 0 Å². The molecule has 0 spiro atoms. The lowest BCUT2D eigenvalue weighted by Crippen LogP contribution is -2.57. The van der Waals surface area contributed by atoms with E-state index in [1.807, 2.05) is 42.5 Å². The number of hydrogen-bond donors (Lipinski definition) is 2. The minimum Gasteiger partial charge on any atom is -0.351 e. The van der Waals surface area contributed by atoms with Gasteiger partial charge in [-0.05, 0) is 85.1 Å². The molecule has 4 amide bonds. The average Bonchev–Trinajstić information content (AvgIpc) is 2.99. The number of benzene rings is 2. The zero-order valence-electron chi connectivity index (χ0n) is 18.3. The van der Waals surface area contributed by atoms with Gasteiger partial charge in [0.2, 0.25) is 5.91 Å². The van der Waals surface area contributed by atoms with Crippen LogP contribution in [-0.2, 0) is 15.1 Å². The molecule has 4 saturated carbocycles. The molecule has 7 rings (SSSR count). The van der Waals surface area contributed by atoms with E-state index >= 15 is 0 Å². The Morgan fingerprint density at radius 2 is 1.66 bits per heavy atom. The standard InChI is InChI=1S/C26H29N3O3/c1-26(21-7-6-17-4-2-3-5-18(17)13-21)24(31)29(25(32)28-26)14-22(30)27-23-19-9-15-8-16(11-19)12-20(23)10-15/h2-7,13,15-16,19-20,23H,8-12,14H2,1H3,(H,27,30)(H,28,32). The van der Waals surface area contributed by atoms with Gasteiger partial charge in [0.25, 0.3) is 5.91 Å². The van der Waals surface area contributed by atoms with Crippen LogP contribution in [0.2, 0.25) is 0 Å². The average molecular weight is 432 g/mol. The second-order valence-electron chi connectivity index (χ2n) is 10.5. The molecule has 4 bridgehead atoms. The van der Waals surface area contributed by atoms with Crippen molar-refractivity contribution >= 4 is 28.6 Å². The van der Waals surface area contributed by atoms with Crippen LogP contribution in [0.25, 0.3) is 10.8 Å². The quantitative estimate of drug-likeness (QED) is 0.727. The molecule has 0 aromatic heterocycles. The molecule has 1 unspecified atom stereocenters. The van der Waals surface area contributed by atoms with E-state index in [9.17, 15) is 14.4 Å². The highest BCUT2D eigenvalue weighted by Gasteiger charge is 2.51. The molecule has 0 radical (unpaired) electrons. The lowest BCUT2D eigenvalue weighted by atomic mass is 9.54. The Morgan fingerprint density at radius 3 is 2.34 bits per heavy atom. The molecule has 1 aliphatic heterocycles. The van der Waals surface area contributed by atoms with Crippen molar-refractivity contribution in [3.63, 3.8) is 0 Å². The lowest BCUT2D eigenvalue weighted by molar-refractivity contribution is -0.136. The summed E-state index contributed by atoms with van der Waals surface area (Å²) in [6.07, 6.45) is 6.20. The minimum absolute atomic E-state index is 0.197. The van der Waals surface area contributed by atoms with Gasteiger partial charge in [-0.15, -0.1) is 0 Å². The molecule has 5 aliphatic rings. The van der Waals surface area contributed by atoms with E-state index in [1.54, 1.807) is 6.92 Å². The summed E-state index contributed by atoms with van der Waals surface area (Å²) in [6.45, 7) is 1.49. The molecule has 2 N–H and O–H groups in total. The maximum Gasteiger partial charge on any atom is 0.325 e. The highest BCUT2D eigenvalue weighted by molar-refractivity contribution is 6.09. The van der Waals surface area contributed by atoms with Gasteiger partial charge in [-0.2, -0.15) is 0 Å². The van der Waals surface area contributed by atoms with Crippen LogP contribution < -0.4 is 10.6 Å². The zero-order valence-corrected chi connectivity index (χ0v) is 18.3. The Morgan fingerprint density at radius 1 is 1.00 bits per heavy atom. The topological polar surface area (TPSA) is 78.5 Å². The van der Waals surface area contributed by atoms with Crippen LogP contribution in [0, 0.1) is 23.7 Å². The number of rotatable bonds is 4. The van der Waals surface area contributed by atoms with Crippen molar-refractivity contribution in [3.8, 4) is 0 Å². The van der Waals surface area contributed by atoms with Crippen molar-refractivity contribution in [1.82, 2.24) is 15.5 Å². The Bertz CT molecular complexity index is 1100. The third-order valence-electron chi connectivity index (χ3n) is 8.46. The first kappa shape index (κ1) is 19.8. The van der Waals surface area contributed by atoms with Crippen LogP contribution in [-0.4, -0.2) is 35.3 Å². The van der Waals surface area contributed by atoms with Gasteiger partial charge in [-0.3, -0.25) is 14.5 Å². The number of nitrogens with zero attached hydrogens (tertiary/aromatic N) is 1. The van der Waals surface area contributed by atoms with E-state index in [1.165, 1.54) is 32.1 Å². The van der Waals surface area contributed by atoms with E-state index in [0.717, 1.165) is 33.1 Å². The second-order valence-corrected chi connectivity index (χ2v) is 10.5. The van der Waals surface area contributed by atoms with Crippen molar-refractivity contribution in [1.29, 1.82) is 0 Å². The molecule has 5 fully saturated rings. The summed E-state index contributed by atoms with van der Waals surface area (Å²) in [5.41, 5.74) is -0.456. The van der Waals surface area contributed by atoms with E-state index in [2.05, 4.69) is 10.6 Å². The first-order valence-corrected chi connectivity index (χ1v) is 11.8. The molecule has 6 nitrogen and oxygen atoms in total. The molecule has 166 valence electrons. The number of hydrogen-bond acceptors (Lipinski definition) is 3. The van der Waals surface area contributed by atoms with Gasteiger partial charge in [0.15, 0.2) is 0 Å². The van der Waals surface area contributed by atoms with Gasteiger partial charge in [-0.25, -0.2) is 4.79 Å². The van der Waals surface area contributed by atoms with Gasteiger partial charge in [0.05, 0.1) is 0 Å². The summed E-state index contributed by atoms with van der Waals surface area (Å²) < 4.78 is 0. The van der Waals surface area contributed by atoms with Crippen LogP contribution in [0.5, 0.6) is 0 Å². The summed E-state index contributed by atoms with van der Waals surface area (Å²) in [5.74, 6) is 2.17. The molecular formula is C26H29N3O3. The number of carbonyl (C=O) groups is 3. The van der Waals surface area contributed by atoms with E-state index in [-0.39, 0.29) is 24.4 Å². The van der Waals surface area contributed by atoms with Crippen LogP contribution >= 0.6 is 0 Å². The fraction of sp³-hybridized carbons (Fsp3) is 0.500. The molecule has 32 heavy (non-hydrogen) atoms. The lowest BCUT2D eigenvalue weighted by Gasteiger charge is -2.54.